The van der Waals surface area contributed by atoms with Gasteiger partial charge >= 0.3 is 13.1 Å². The first-order valence-corrected chi connectivity index (χ1v) is 9.14. The molecule has 4 N–H and O–H groups in total. The summed E-state index contributed by atoms with van der Waals surface area (Å²) in [5, 5.41) is 28.0. The third kappa shape index (κ3) is 7.75. The average molecular weight is 361 g/mol. The number of carboxylic acids is 1. The second-order valence-corrected chi connectivity index (χ2v) is 5.93. The van der Waals surface area contributed by atoms with Crippen LogP contribution in [0.25, 0.3) is 0 Å². The van der Waals surface area contributed by atoms with Crippen molar-refractivity contribution in [2.75, 3.05) is 0 Å². The van der Waals surface area contributed by atoms with Crippen LogP contribution < -0.4 is 4.72 Å². The van der Waals surface area contributed by atoms with Gasteiger partial charge in [-0.25, -0.2) is 4.79 Å². The average Bonchev–Trinajstić information content (AvgIpc) is 2.63. The summed E-state index contributed by atoms with van der Waals surface area (Å²) in [5.41, 5.74) is 2.05. The maximum absolute atomic E-state index is 11.0. The van der Waals surface area contributed by atoms with Crippen molar-refractivity contribution in [3.63, 3.8) is 0 Å². The van der Waals surface area contributed by atoms with E-state index in [1.807, 2.05) is 44.2 Å². The van der Waals surface area contributed by atoms with Crippen molar-refractivity contribution >= 4 is 25.0 Å². The molecule has 0 radical (unpaired) electrons. The van der Waals surface area contributed by atoms with Crippen molar-refractivity contribution in [3.05, 3.63) is 71.3 Å². The lowest BCUT2D eigenvalue weighted by molar-refractivity contribution is 0.0696. The third-order valence-corrected chi connectivity index (χ3v) is 4.25. The highest BCUT2D eigenvalue weighted by atomic mass is 32.2. The lowest BCUT2D eigenvalue weighted by atomic mass is 9.76. The van der Waals surface area contributed by atoms with Gasteiger partial charge in [0, 0.05) is 5.75 Å². The van der Waals surface area contributed by atoms with Crippen LogP contribution in [0.3, 0.4) is 0 Å². The number of carboxylic acid groups (broad SMARTS) is 1. The third-order valence-electron chi connectivity index (χ3n) is 3.31. The molecule has 0 fully saturated rings. The molecule has 0 aliphatic carbocycles. The zero-order valence-corrected chi connectivity index (χ0v) is 15.2. The summed E-state index contributed by atoms with van der Waals surface area (Å²) in [6, 6.07) is 16.3. The van der Waals surface area contributed by atoms with Crippen LogP contribution in [0.5, 0.6) is 0 Å². The fraction of sp³-hybridized carbons (Fsp3) is 0.278. The van der Waals surface area contributed by atoms with E-state index in [0.717, 1.165) is 11.1 Å². The molecule has 0 aliphatic rings. The van der Waals surface area contributed by atoms with Crippen molar-refractivity contribution in [3.8, 4) is 0 Å². The maximum atomic E-state index is 11.0. The smallest absolute Gasteiger partial charge is 0.470 e. The van der Waals surface area contributed by atoms with Gasteiger partial charge in [-0.3, -0.25) is 4.72 Å². The molecule has 2 rings (SSSR count). The maximum Gasteiger partial charge on any atom is 0.470 e. The van der Waals surface area contributed by atoms with E-state index in [0.29, 0.717) is 12.2 Å². The Labute approximate surface area is 153 Å². The molecule has 0 aliphatic heterocycles. The minimum atomic E-state index is -1.54. The molecule has 0 saturated carbocycles. The Morgan fingerprint density at radius 1 is 1.08 bits per heavy atom. The van der Waals surface area contributed by atoms with E-state index in [9.17, 15) is 14.8 Å². The van der Waals surface area contributed by atoms with Crippen LogP contribution in [0.15, 0.2) is 54.6 Å². The Morgan fingerprint density at radius 3 is 2.32 bits per heavy atom. The van der Waals surface area contributed by atoms with Gasteiger partial charge in [-0.05, 0) is 29.7 Å². The number of aromatic carboxylic acids is 1. The van der Waals surface area contributed by atoms with Gasteiger partial charge in [0.25, 0.3) is 0 Å². The standard InChI is InChI=1S/C16H18BNO4S.C2H6/c19-16(20)14-8-4-7-13(9-14)10-15(17(21)22)18-23-11-12-5-2-1-3-6-12;1-2/h1-9,15,18,21-22H,10-11H2,(H,19,20);1-2H3. The van der Waals surface area contributed by atoms with Crippen molar-refractivity contribution in [1.82, 2.24) is 4.72 Å². The van der Waals surface area contributed by atoms with Gasteiger partial charge < -0.3 is 15.2 Å². The highest BCUT2D eigenvalue weighted by molar-refractivity contribution is 7.96. The minimum Gasteiger partial charge on any atom is -0.478 e. The van der Waals surface area contributed by atoms with E-state index in [1.54, 1.807) is 18.2 Å². The Balaban J connectivity index is 0.00000151. The Bertz CT molecular complexity index is 640. The first-order chi connectivity index (χ1) is 12.1. The summed E-state index contributed by atoms with van der Waals surface area (Å²) < 4.78 is 3.03. The van der Waals surface area contributed by atoms with Crippen LogP contribution in [0.1, 0.15) is 35.3 Å². The Kier molecular flexibility index (Phi) is 9.95. The zero-order chi connectivity index (χ0) is 18.7. The number of carbonyl (C=O) groups is 1. The van der Waals surface area contributed by atoms with Crippen molar-refractivity contribution < 1.29 is 19.9 Å². The van der Waals surface area contributed by atoms with Crippen molar-refractivity contribution in [2.24, 2.45) is 0 Å². The monoisotopic (exact) mass is 361 g/mol. The molecule has 0 aromatic heterocycles. The van der Waals surface area contributed by atoms with Crippen molar-refractivity contribution in [2.45, 2.75) is 32.0 Å². The topological polar surface area (TPSA) is 89.8 Å². The normalized spacial score (nSPS) is 11.2. The predicted molar refractivity (Wildman–Crippen MR) is 103 cm³/mol. The second kappa shape index (κ2) is 11.7. The Hall–Kier alpha value is -1.80. The number of benzene rings is 2. The molecule has 0 amide bonds. The fourth-order valence-corrected chi connectivity index (χ4v) is 2.96. The van der Waals surface area contributed by atoms with E-state index in [-0.39, 0.29) is 5.56 Å². The molecule has 1 unspecified atom stereocenters. The summed E-state index contributed by atoms with van der Waals surface area (Å²) in [7, 11) is -1.54. The summed E-state index contributed by atoms with van der Waals surface area (Å²) in [5.74, 6) is -0.897. The molecule has 0 heterocycles. The number of nitrogens with one attached hydrogen (secondary N) is 1. The first-order valence-electron chi connectivity index (χ1n) is 8.16. The van der Waals surface area contributed by atoms with E-state index >= 15 is 0 Å². The van der Waals surface area contributed by atoms with Gasteiger partial charge in [-0.15, -0.1) is 0 Å². The fourth-order valence-electron chi connectivity index (χ4n) is 2.10. The highest BCUT2D eigenvalue weighted by Crippen LogP contribution is 2.13. The largest absolute Gasteiger partial charge is 0.478 e. The van der Waals surface area contributed by atoms with E-state index in [4.69, 9.17) is 5.11 Å². The highest BCUT2D eigenvalue weighted by Gasteiger charge is 2.23. The molecule has 25 heavy (non-hydrogen) atoms. The second-order valence-electron chi connectivity index (χ2n) is 5.12. The summed E-state index contributed by atoms with van der Waals surface area (Å²) in [6.45, 7) is 4.00. The molecule has 7 heteroatoms. The molecule has 0 bridgehead atoms. The number of hydrogen-bond acceptors (Lipinski definition) is 5. The molecule has 2 aromatic carbocycles. The van der Waals surface area contributed by atoms with Gasteiger partial charge in [0.15, 0.2) is 0 Å². The molecule has 1 atom stereocenters. The van der Waals surface area contributed by atoms with Crippen LogP contribution in [-0.4, -0.2) is 34.2 Å². The minimum absolute atomic E-state index is 0.186. The van der Waals surface area contributed by atoms with Gasteiger partial charge in [0.05, 0.1) is 11.5 Å². The SMILES string of the molecule is CC.O=C(O)c1cccc(CC(NSCc2ccccc2)B(O)O)c1. The van der Waals surface area contributed by atoms with Gasteiger partial charge in [-0.1, -0.05) is 68.3 Å². The molecule has 134 valence electrons. The van der Waals surface area contributed by atoms with Crippen LogP contribution in [0.4, 0.5) is 0 Å². The van der Waals surface area contributed by atoms with Crippen LogP contribution >= 0.6 is 11.9 Å². The summed E-state index contributed by atoms with van der Waals surface area (Å²) in [4.78, 5) is 11.0. The van der Waals surface area contributed by atoms with Crippen LogP contribution in [0, 0.1) is 0 Å². The van der Waals surface area contributed by atoms with Gasteiger partial charge in [0.1, 0.15) is 0 Å². The Morgan fingerprint density at radius 2 is 1.72 bits per heavy atom. The zero-order valence-electron chi connectivity index (χ0n) is 14.4. The lowest BCUT2D eigenvalue weighted by Gasteiger charge is -2.17. The number of rotatable bonds is 8. The van der Waals surface area contributed by atoms with E-state index in [2.05, 4.69) is 4.72 Å². The molecule has 0 saturated heterocycles. The van der Waals surface area contributed by atoms with Gasteiger partial charge in [0.2, 0.25) is 0 Å². The number of hydrogen-bond donors (Lipinski definition) is 4. The van der Waals surface area contributed by atoms with E-state index in [1.165, 1.54) is 18.0 Å². The summed E-state index contributed by atoms with van der Waals surface area (Å²) in [6.07, 6.45) is 0.320. The quantitative estimate of drug-likeness (QED) is 0.427. The van der Waals surface area contributed by atoms with Crippen LogP contribution in [-0.2, 0) is 12.2 Å². The predicted octanol–water partition coefficient (Wildman–Crippen LogP) is 2.77. The van der Waals surface area contributed by atoms with Crippen molar-refractivity contribution in [1.29, 1.82) is 0 Å². The summed E-state index contributed by atoms with van der Waals surface area (Å²) >= 11 is 1.39. The molecular formula is C18H24BNO4S. The lowest BCUT2D eigenvalue weighted by Crippen LogP contribution is -2.42. The molecule has 0 spiro atoms. The first kappa shape index (κ1) is 21.2. The van der Waals surface area contributed by atoms with E-state index < -0.39 is 19.0 Å². The molecule has 5 nitrogen and oxygen atoms in total. The molecule has 2 aromatic rings. The van der Waals surface area contributed by atoms with Gasteiger partial charge in [-0.2, -0.15) is 0 Å². The van der Waals surface area contributed by atoms with Crippen LogP contribution in [0.2, 0.25) is 0 Å². The molecular weight excluding hydrogens is 337 g/mol.